The van der Waals surface area contributed by atoms with E-state index >= 15 is 0 Å². The van der Waals surface area contributed by atoms with Crippen LogP contribution in [-0.4, -0.2) is 57.1 Å². The number of amides is 1. The smallest absolute Gasteiger partial charge is 0.326 e. The number of thiazole rings is 1. The zero-order chi connectivity index (χ0) is 26.5. The molecule has 1 aromatic heterocycles. The van der Waals surface area contributed by atoms with Crippen LogP contribution in [0, 0.1) is 5.92 Å². The standard InChI is InChI=1S/C26H25Cl2N3O5S/c27-18-6-7-20(21(28)13-18)23(32)31(22(25(35)36)12-16-4-2-1-3-5-16)15-19-14-29-26(37-19)30-10-8-17(9-11-30)24(33)34/h1-7,13-14,17,22H,8-12,15H2,(H,33,34)(H,35,36). The molecule has 37 heavy (non-hydrogen) atoms. The number of carbonyl (C=O) groups is 3. The number of piperidine rings is 1. The van der Waals surface area contributed by atoms with Crippen molar-refractivity contribution < 1.29 is 24.6 Å². The lowest BCUT2D eigenvalue weighted by Gasteiger charge is -2.30. The van der Waals surface area contributed by atoms with Gasteiger partial charge in [-0.15, -0.1) is 11.3 Å². The summed E-state index contributed by atoms with van der Waals surface area (Å²) < 4.78 is 0. The number of aliphatic carboxylic acids is 2. The first-order valence-electron chi connectivity index (χ1n) is 11.7. The Labute approximate surface area is 228 Å². The van der Waals surface area contributed by atoms with Gasteiger partial charge in [0.1, 0.15) is 6.04 Å². The fourth-order valence-corrected chi connectivity index (χ4v) is 5.76. The molecule has 2 aromatic carbocycles. The molecule has 2 N–H and O–H groups in total. The third-order valence-corrected chi connectivity index (χ3v) is 7.93. The second-order valence-corrected chi connectivity index (χ2v) is 10.7. The summed E-state index contributed by atoms with van der Waals surface area (Å²) in [5, 5.41) is 20.6. The fraction of sp³-hybridized carbons (Fsp3) is 0.308. The van der Waals surface area contributed by atoms with Crippen molar-refractivity contribution in [3.63, 3.8) is 0 Å². The molecule has 1 fully saturated rings. The number of carboxylic acid groups (broad SMARTS) is 2. The van der Waals surface area contributed by atoms with Gasteiger partial charge in [0.2, 0.25) is 0 Å². The number of anilines is 1. The van der Waals surface area contributed by atoms with Crippen molar-refractivity contribution in [1.82, 2.24) is 9.88 Å². The average Bonchev–Trinajstić information content (AvgIpc) is 3.35. The predicted molar refractivity (Wildman–Crippen MR) is 143 cm³/mol. The van der Waals surface area contributed by atoms with Gasteiger partial charge in [-0.05, 0) is 36.6 Å². The number of halogens is 2. The SMILES string of the molecule is O=C(O)C1CCN(c2ncc(CN(C(=O)c3ccc(Cl)cc3Cl)C(Cc3ccccc3)C(=O)O)s2)CC1. The highest BCUT2D eigenvalue weighted by molar-refractivity contribution is 7.15. The van der Waals surface area contributed by atoms with Gasteiger partial charge in [0, 0.05) is 35.6 Å². The quantitative estimate of drug-likeness (QED) is 0.374. The van der Waals surface area contributed by atoms with Gasteiger partial charge >= 0.3 is 11.9 Å². The molecule has 1 aliphatic heterocycles. The molecule has 0 spiro atoms. The van der Waals surface area contributed by atoms with E-state index < -0.39 is 23.9 Å². The number of carboxylic acids is 2. The van der Waals surface area contributed by atoms with Crippen LogP contribution in [0.25, 0.3) is 0 Å². The largest absolute Gasteiger partial charge is 0.481 e. The maximum absolute atomic E-state index is 13.7. The highest BCUT2D eigenvalue weighted by atomic mass is 35.5. The maximum atomic E-state index is 13.7. The fourth-order valence-electron chi connectivity index (χ4n) is 4.31. The van der Waals surface area contributed by atoms with E-state index in [9.17, 15) is 24.6 Å². The molecule has 0 bridgehead atoms. The second-order valence-electron chi connectivity index (χ2n) is 8.81. The molecule has 2 heterocycles. The van der Waals surface area contributed by atoms with Crippen molar-refractivity contribution in [2.75, 3.05) is 18.0 Å². The summed E-state index contributed by atoms with van der Waals surface area (Å²) in [7, 11) is 0. The Balaban J connectivity index is 1.61. The lowest BCUT2D eigenvalue weighted by atomic mass is 9.98. The first kappa shape index (κ1) is 26.9. The molecular formula is C26H25Cl2N3O5S. The Morgan fingerprint density at radius 1 is 1.08 bits per heavy atom. The van der Waals surface area contributed by atoms with E-state index in [0.29, 0.717) is 41.0 Å². The van der Waals surface area contributed by atoms with Gasteiger partial charge in [0.25, 0.3) is 5.91 Å². The number of hydrogen-bond donors (Lipinski definition) is 2. The molecule has 0 radical (unpaired) electrons. The van der Waals surface area contributed by atoms with Crippen LogP contribution in [0.1, 0.15) is 33.6 Å². The third-order valence-electron chi connectivity index (χ3n) is 6.34. The van der Waals surface area contributed by atoms with E-state index in [1.54, 1.807) is 6.20 Å². The van der Waals surface area contributed by atoms with E-state index in [2.05, 4.69) is 4.98 Å². The minimum atomic E-state index is -1.15. The summed E-state index contributed by atoms with van der Waals surface area (Å²) in [4.78, 5) is 45.9. The summed E-state index contributed by atoms with van der Waals surface area (Å²) in [5.74, 6) is -2.81. The van der Waals surface area contributed by atoms with Crippen molar-refractivity contribution in [1.29, 1.82) is 0 Å². The predicted octanol–water partition coefficient (Wildman–Crippen LogP) is 5.09. The molecule has 4 rings (SSSR count). The zero-order valence-corrected chi connectivity index (χ0v) is 22.0. The van der Waals surface area contributed by atoms with Crippen LogP contribution in [0.2, 0.25) is 10.0 Å². The van der Waals surface area contributed by atoms with Crippen molar-refractivity contribution in [3.05, 3.63) is 80.8 Å². The summed E-state index contributed by atoms with van der Waals surface area (Å²) in [6.45, 7) is 1.16. The maximum Gasteiger partial charge on any atom is 0.326 e. The van der Waals surface area contributed by atoms with E-state index in [1.165, 1.54) is 34.4 Å². The molecule has 194 valence electrons. The summed E-state index contributed by atoms with van der Waals surface area (Å²) in [6.07, 6.45) is 2.81. The van der Waals surface area contributed by atoms with Crippen LogP contribution in [0.3, 0.4) is 0 Å². The van der Waals surface area contributed by atoms with Crippen LogP contribution >= 0.6 is 34.5 Å². The van der Waals surface area contributed by atoms with Gasteiger partial charge in [-0.3, -0.25) is 9.59 Å². The highest BCUT2D eigenvalue weighted by Crippen LogP contribution is 2.30. The minimum absolute atomic E-state index is 0.0187. The van der Waals surface area contributed by atoms with Gasteiger partial charge in [-0.2, -0.15) is 0 Å². The lowest BCUT2D eigenvalue weighted by molar-refractivity contribution is -0.143. The van der Waals surface area contributed by atoms with Gasteiger partial charge in [0.05, 0.1) is 23.0 Å². The first-order chi connectivity index (χ1) is 17.7. The number of benzene rings is 2. The van der Waals surface area contributed by atoms with Crippen LogP contribution in [-0.2, 0) is 22.6 Å². The van der Waals surface area contributed by atoms with Crippen molar-refractivity contribution in [2.24, 2.45) is 5.92 Å². The Hall–Kier alpha value is -3.14. The van der Waals surface area contributed by atoms with E-state index in [4.69, 9.17) is 23.2 Å². The molecule has 11 heteroatoms. The summed E-state index contributed by atoms with van der Waals surface area (Å²) in [5.41, 5.74) is 0.937. The van der Waals surface area contributed by atoms with Crippen LogP contribution in [0.5, 0.6) is 0 Å². The zero-order valence-electron chi connectivity index (χ0n) is 19.7. The highest BCUT2D eigenvalue weighted by Gasteiger charge is 2.33. The van der Waals surface area contributed by atoms with Crippen molar-refractivity contribution in [2.45, 2.75) is 31.8 Å². The van der Waals surface area contributed by atoms with Crippen LogP contribution in [0.4, 0.5) is 5.13 Å². The number of hydrogen-bond acceptors (Lipinski definition) is 6. The Morgan fingerprint density at radius 2 is 1.78 bits per heavy atom. The summed E-state index contributed by atoms with van der Waals surface area (Å²) >= 11 is 13.7. The number of carbonyl (C=O) groups excluding carboxylic acids is 1. The molecule has 8 nitrogen and oxygen atoms in total. The molecule has 1 atom stereocenters. The molecule has 1 aliphatic rings. The molecular weight excluding hydrogens is 537 g/mol. The number of nitrogens with zero attached hydrogens (tertiary/aromatic N) is 3. The molecule has 0 saturated carbocycles. The Morgan fingerprint density at radius 3 is 2.41 bits per heavy atom. The second kappa shape index (κ2) is 11.9. The Kier molecular flexibility index (Phi) is 8.68. The number of rotatable bonds is 9. The third kappa shape index (κ3) is 6.60. The van der Waals surface area contributed by atoms with Crippen molar-refractivity contribution >= 4 is 57.5 Å². The molecule has 1 unspecified atom stereocenters. The normalized spacial score (nSPS) is 14.8. The van der Waals surface area contributed by atoms with E-state index in [1.807, 2.05) is 35.2 Å². The van der Waals surface area contributed by atoms with Crippen LogP contribution in [0.15, 0.2) is 54.7 Å². The monoisotopic (exact) mass is 561 g/mol. The topological polar surface area (TPSA) is 111 Å². The summed E-state index contributed by atoms with van der Waals surface area (Å²) in [6, 6.07) is 12.4. The number of aromatic nitrogens is 1. The van der Waals surface area contributed by atoms with Gasteiger partial charge in [0.15, 0.2) is 5.13 Å². The first-order valence-corrected chi connectivity index (χ1v) is 13.3. The molecule has 3 aromatic rings. The Bertz CT molecular complexity index is 1280. The van der Waals surface area contributed by atoms with E-state index in [0.717, 1.165) is 5.56 Å². The van der Waals surface area contributed by atoms with E-state index in [-0.39, 0.29) is 29.5 Å². The minimum Gasteiger partial charge on any atom is -0.481 e. The molecule has 0 aliphatic carbocycles. The van der Waals surface area contributed by atoms with Crippen molar-refractivity contribution in [3.8, 4) is 0 Å². The van der Waals surface area contributed by atoms with Crippen LogP contribution < -0.4 is 4.90 Å². The van der Waals surface area contributed by atoms with Gasteiger partial charge in [-0.1, -0.05) is 53.5 Å². The average molecular weight is 562 g/mol. The molecule has 1 saturated heterocycles. The van der Waals surface area contributed by atoms with Gasteiger partial charge < -0.3 is 20.0 Å². The molecule has 1 amide bonds. The lowest BCUT2D eigenvalue weighted by Crippen LogP contribution is -2.46. The van der Waals surface area contributed by atoms with Gasteiger partial charge in [-0.25, -0.2) is 9.78 Å².